The van der Waals surface area contributed by atoms with Gasteiger partial charge in [0, 0.05) is 0 Å². The molecule has 0 aliphatic carbocycles. The van der Waals surface area contributed by atoms with Gasteiger partial charge in [-0.05, 0) is 71.9 Å². The summed E-state index contributed by atoms with van der Waals surface area (Å²) in [6, 6.07) is 13.9. The molecule has 0 atom stereocenters. The van der Waals surface area contributed by atoms with Crippen molar-refractivity contribution in [1.29, 1.82) is 0 Å². The van der Waals surface area contributed by atoms with E-state index in [1.807, 2.05) is 13.8 Å². The Morgan fingerprint density at radius 1 is 0.370 bits per heavy atom. The van der Waals surface area contributed by atoms with Crippen LogP contribution in [0.2, 0.25) is 0 Å². The number of hydrogen-bond donors (Lipinski definition) is 0. The van der Waals surface area contributed by atoms with Crippen LogP contribution in [0.3, 0.4) is 0 Å². The third-order valence-corrected chi connectivity index (χ3v) is 4.67. The molecular weight excluding hydrogens is 324 g/mol. The lowest BCUT2D eigenvalue weighted by molar-refractivity contribution is 1.04. The van der Waals surface area contributed by atoms with Crippen LogP contribution in [-0.2, 0) is 38.5 Å². The van der Waals surface area contributed by atoms with Crippen LogP contribution in [-0.4, -0.2) is 0 Å². The van der Waals surface area contributed by atoms with Gasteiger partial charge in [-0.3, -0.25) is 0 Å². The highest BCUT2D eigenvalue weighted by Crippen LogP contribution is 2.13. The summed E-state index contributed by atoms with van der Waals surface area (Å²) in [5, 5.41) is 0. The number of rotatable bonds is 6. The lowest BCUT2D eigenvalue weighted by atomic mass is 10.0. The first-order valence-electron chi connectivity index (χ1n) is 10.8. The van der Waals surface area contributed by atoms with E-state index in [9.17, 15) is 0 Å². The van der Waals surface area contributed by atoms with E-state index >= 15 is 0 Å². The van der Waals surface area contributed by atoms with Gasteiger partial charge in [-0.1, -0.05) is 99.2 Å². The van der Waals surface area contributed by atoms with Crippen molar-refractivity contribution in [3.05, 3.63) is 69.8 Å². The fourth-order valence-electron chi connectivity index (χ4n) is 2.90. The van der Waals surface area contributed by atoms with Crippen molar-refractivity contribution >= 4 is 0 Å². The topological polar surface area (TPSA) is 0 Å². The fraction of sp³-hybridized carbons (Fsp3) is 0.556. The summed E-state index contributed by atoms with van der Waals surface area (Å²) in [6.07, 6.45) is 6.92. The zero-order valence-electron chi connectivity index (χ0n) is 18.7. The molecule has 2 aromatic carbocycles. The van der Waals surface area contributed by atoms with E-state index in [2.05, 4.69) is 77.9 Å². The third kappa shape index (κ3) is 10.4. The van der Waals surface area contributed by atoms with Gasteiger partial charge in [0.2, 0.25) is 0 Å². The van der Waals surface area contributed by atoms with Crippen molar-refractivity contribution in [2.75, 3.05) is 0 Å². The number of aryl methyl sites for hydroxylation is 6. The SMILES string of the molecule is C.CC.CCc1cc(CC)cc(CC)c1.CCc1cc(CC)cc(CC)c1. The molecule has 0 radical (unpaired) electrons. The van der Waals surface area contributed by atoms with Crippen molar-refractivity contribution in [2.24, 2.45) is 0 Å². The Kier molecular flexibility index (Phi) is 17.0. The minimum absolute atomic E-state index is 0. The van der Waals surface area contributed by atoms with E-state index in [0.717, 1.165) is 38.5 Å². The van der Waals surface area contributed by atoms with Crippen molar-refractivity contribution in [2.45, 2.75) is 101 Å². The first-order chi connectivity index (χ1) is 12.6. The summed E-state index contributed by atoms with van der Waals surface area (Å²) in [4.78, 5) is 0. The molecule has 154 valence electrons. The lowest BCUT2D eigenvalue weighted by Crippen LogP contribution is -1.90. The molecule has 0 aliphatic heterocycles. The predicted molar refractivity (Wildman–Crippen MR) is 127 cm³/mol. The second-order valence-corrected chi connectivity index (χ2v) is 6.44. The second kappa shape index (κ2) is 16.6. The summed E-state index contributed by atoms with van der Waals surface area (Å²) >= 11 is 0. The largest absolute Gasteiger partial charge is 0.0776 e. The number of benzene rings is 2. The summed E-state index contributed by atoms with van der Waals surface area (Å²) in [5.74, 6) is 0. The van der Waals surface area contributed by atoms with Crippen molar-refractivity contribution < 1.29 is 0 Å². The molecule has 0 aromatic heterocycles. The molecule has 0 heterocycles. The molecule has 2 rings (SSSR count). The Morgan fingerprint density at radius 2 is 0.481 bits per heavy atom. The van der Waals surface area contributed by atoms with Crippen LogP contribution in [0, 0.1) is 0 Å². The quantitative estimate of drug-likeness (QED) is 0.478. The Balaban J connectivity index is 0. The molecule has 0 saturated carbocycles. The molecule has 0 unspecified atom stereocenters. The van der Waals surface area contributed by atoms with Crippen LogP contribution in [0.25, 0.3) is 0 Å². The Bertz CT molecular complexity index is 441. The van der Waals surface area contributed by atoms with Gasteiger partial charge in [-0.25, -0.2) is 0 Å². The van der Waals surface area contributed by atoms with Gasteiger partial charge >= 0.3 is 0 Å². The van der Waals surface area contributed by atoms with Gasteiger partial charge in [0.25, 0.3) is 0 Å². The molecule has 0 saturated heterocycles. The van der Waals surface area contributed by atoms with Crippen LogP contribution in [0.5, 0.6) is 0 Å². The standard InChI is InChI=1S/2C12H18.C2H6.CH4/c2*1-4-10-7-11(5-2)9-12(6-3)8-10;1-2;/h2*7-9H,4-6H2,1-3H3;1-2H3;1H4. The summed E-state index contributed by atoms with van der Waals surface area (Å²) in [5.41, 5.74) is 8.87. The first-order valence-corrected chi connectivity index (χ1v) is 10.8. The molecule has 0 bridgehead atoms. The first kappa shape index (κ1) is 27.7. The lowest BCUT2D eigenvalue weighted by Gasteiger charge is -2.05. The van der Waals surface area contributed by atoms with Crippen LogP contribution >= 0.6 is 0 Å². The Morgan fingerprint density at radius 3 is 0.556 bits per heavy atom. The van der Waals surface area contributed by atoms with E-state index < -0.39 is 0 Å². The van der Waals surface area contributed by atoms with Gasteiger partial charge in [0.1, 0.15) is 0 Å². The molecular formula is C27H46. The van der Waals surface area contributed by atoms with E-state index in [0.29, 0.717) is 0 Å². The smallest absolute Gasteiger partial charge is 0.0307 e. The Labute approximate surface area is 171 Å². The molecule has 27 heavy (non-hydrogen) atoms. The van der Waals surface area contributed by atoms with Gasteiger partial charge < -0.3 is 0 Å². The average molecular weight is 371 g/mol. The molecule has 0 nitrogen and oxygen atoms in total. The predicted octanol–water partition coefficient (Wildman–Crippen LogP) is 8.41. The van der Waals surface area contributed by atoms with Crippen LogP contribution in [0.1, 0.15) is 96.2 Å². The monoisotopic (exact) mass is 370 g/mol. The third-order valence-electron chi connectivity index (χ3n) is 4.67. The maximum atomic E-state index is 2.32. The maximum Gasteiger partial charge on any atom is -0.0307 e. The highest BCUT2D eigenvalue weighted by atomic mass is 14.0. The zero-order chi connectivity index (χ0) is 19.9. The van der Waals surface area contributed by atoms with Gasteiger partial charge in [-0.15, -0.1) is 0 Å². The van der Waals surface area contributed by atoms with Crippen LogP contribution in [0.4, 0.5) is 0 Å². The molecule has 0 N–H and O–H groups in total. The van der Waals surface area contributed by atoms with Gasteiger partial charge in [0.05, 0.1) is 0 Å². The highest BCUT2D eigenvalue weighted by molar-refractivity contribution is 5.31. The van der Waals surface area contributed by atoms with Gasteiger partial charge in [-0.2, -0.15) is 0 Å². The Hall–Kier alpha value is -1.56. The molecule has 0 aliphatic rings. The van der Waals surface area contributed by atoms with Gasteiger partial charge in [0.15, 0.2) is 0 Å². The molecule has 0 spiro atoms. The summed E-state index contributed by atoms with van der Waals surface area (Å²) in [7, 11) is 0. The molecule has 2 aromatic rings. The van der Waals surface area contributed by atoms with Crippen molar-refractivity contribution in [3.8, 4) is 0 Å². The fourth-order valence-corrected chi connectivity index (χ4v) is 2.90. The summed E-state index contributed by atoms with van der Waals surface area (Å²) < 4.78 is 0. The van der Waals surface area contributed by atoms with E-state index in [1.54, 1.807) is 0 Å². The van der Waals surface area contributed by atoms with Crippen LogP contribution < -0.4 is 0 Å². The molecule has 0 heteroatoms. The molecule has 0 fully saturated rings. The van der Waals surface area contributed by atoms with Crippen molar-refractivity contribution in [3.63, 3.8) is 0 Å². The van der Waals surface area contributed by atoms with Crippen molar-refractivity contribution in [1.82, 2.24) is 0 Å². The molecule has 0 amide bonds. The number of hydrogen-bond acceptors (Lipinski definition) is 0. The normalized spacial score (nSPS) is 9.33. The van der Waals surface area contributed by atoms with Crippen LogP contribution in [0.15, 0.2) is 36.4 Å². The second-order valence-electron chi connectivity index (χ2n) is 6.44. The van der Waals surface area contributed by atoms with E-state index in [1.165, 1.54) is 33.4 Å². The minimum atomic E-state index is 0. The average Bonchev–Trinajstić information content (AvgIpc) is 2.74. The highest BCUT2D eigenvalue weighted by Gasteiger charge is 1.97. The summed E-state index contributed by atoms with van der Waals surface area (Å²) in [6.45, 7) is 17.3. The van der Waals surface area contributed by atoms with E-state index in [-0.39, 0.29) is 7.43 Å². The minimum Gasteiger partial charge on any atom is -0.0776 e. The maximum absolute atomic E-state index is 2.32. The zero-order valence-corrected chi connectivity index (χ0v) is 18.7. The van der Waals surface area contributed by atoms with E-state index in [4.69, 9.17) is 0 Å².